The third kappa shape index (κ3) is 3.45. The van der Waals surface area contributed by atoms with Gasteiger partial charge in [-0.05, 0) is 51.2 Å². The van der Waals surface area contributed by atoms with Gasteiger partial charge in [0.2, 0.25) is 0 Å². The Kier molecular flexibility index (Phi) is 4.02. The van der Waals surface area contributed by atoms with Gasteiger partial charge in [0.25, 0.3) is 0 Å². The molecular weight excluding hydrogens is 212 g/mol. The van der Waals surface area contributed by atoms with Gasteiger partial charge >= 0.3 is 0 Å². The van der Waals surface area contributed by atoms with Gasteiger partial charge < -0.3 is 14.9 Å². The Bertz CT molecular complexity index is 350. The van der Waals surface area contributed by atoms with Gasteiger partial charge in [-0.2, -0.15) is 0 Å². The van der Waals surface area contributed by atoms with Crippen molar-refractivity contribution in [2.24, 2.45) is 0 Å². The summed E-state index contributed by atoms with van der Waals surface area (Å²) in [7, 11) is 4.38. The molecule has 0 saturated carbocycles. The smallest absolute Gasteiger partial charge is 0.115 e. The number of aromatic hydroxyl groups is 1. The normalized spacial score (nSPS) is 21.2. The first-order chi connectivity index (χ1) is 8.15. The topological polar surface area (TPSA) is 26.7 Å². The first-order valence-corrected chi connectivity index (χ1v) is 6.32. The van der Waals surface area contributed by atoms with Crippen molar-refractivity contribution < 1.29 is 5.11 Å². The number of phenols is 1. The summed E-state index contributed by atoms with van der Waals surface area (Å²) in [5.74, 6) is 0.340. The lowest BCUT2D eigenvalue weighted by molar-refractivity contribution is 0.215. The van der Waals surface area contributed by atoms with Crippen LogP contribution in [0.2, 0.25) is 0 Å². The molecule has 1 atom stereocenters. The minimum Gasteiger partial charge on any atom is -0.508 e. The lowest BCUT2D eigenvalue weighted by Crippen LogP contribution is -2.36. The highest BCUT2D eigenvalue weighted by molar-refractivity contribution is 5.25. The van der Waals surface area contributed by atoms with E-state index in [-0.39, 0.29) is 0 Å². The maximum absolute atomic E-state index is 9.24. The van der Waals surface area contributed by atoms with Crippen LogP contribution in [-0.2, 0) is 6.54 Å². The van der Waals surface area contributed by atoms with Crippen molar-refractivity contribution in [1.29, 1.82) is 0 Å². The van der Waals surface area contributed by atoms with Crippen molar-refractivity contribution >= 4 is 0 Å². The summed E-state index contributed by atoms with van der Waals surface area (Å²) in [4.78, 5) is 4.81. The second-order valence-corrected chi connectivity index (χ2v) is 5.14. The minimum absolute atomic E-state index is 0.340. The summed E-state index contributed by atoms with van der Waals surface area (Å²) in [5.41, 5.74) is 1.26. The van der Waals surface area contributed by atoms with Crippen LogP contribution in [0.25, 0.3) is 0 Å². The highest BCUT2D eigenvalue weighted by atomic mass is 16.3. The van der Waals surface area contributed by atoms with Gasteiger partial charge in [-0.1, -0.05) is 12.1 Å². The van der Waals surface area contributed by atoms with Crippen LogP contribution < -0.4 is 0 Å². The van der Waals surface area contributed by atoms with E-state index in [2.05, 4.69) is 23.9 Å². The summed E-state index contributed by atoms with van der Waals surface area (Å²) in [6.07, 6.45) is 2.64. The Morgan fingerprint density at radius 3 is 2.65 bits per heavy atom. The zero-order valence-corrected chi connectivity index (χ0v) is 10.8. The van der Waals surface area contributed by atoms with Gasteiger partial charge in [0, 0.05) is 19.1 Å². The zero-order valence-electron chi connectivity index (χ0n) is 10.8. The number of hydrogen-bond acceptors (Lipinski definition) is 3. The number of likely N-dealkylation sites (tertiary alicyclic amines) is 1. The Hall–Kier alpha value is -1.06. The Labute approximate surface area is 104 Å². The van der Waals surface area contributed by atoms with Gasteiger partial charge in [-0.25, -0.2) is 0 Å². The van der Waals surface area contributed by atoms with E-state index in [0.717, 1.165) is 13.1 Å². The van der Waals surface area contributed by atoms with E-state index in [4.69, 9.17) is 0 Å². The second-order valence-electron chi connectivity index (χ2n) is 5.14. The summed E-state index contributed by atoms with van der Waals surface area (Å²) in [5, 5.41) is 9.24. The van der Waals surface area contributed by atoms with Crippen molar-refractivity contribution in [3.8, 4) is 5.75 Å². The molecule has 0 radical (unpaired) electrons. The quantitative estimate of drug-likeness (QED) is 0.862. The van der Waals surface area contributed by atoms with Crippen LogP contribution in [0, 0.1) is 0 Å². The van der Waals surface area contributed by atoms with Crippen LogP contribution in [0.3, 0.4) is 0 Å². The molecule has 0 bridgehead atoms. The van der Waals surface area contributed by atoms with E-state index >= 15 is 0 Å². The van der Waals surface area contributed by atoms with Gasteiger partial charge in [-0.15, -0.1) is 0 Å². The maximum atomic E-state index is 9.24. The van der Waals surface area contributed by atoms with Crippen molar-refractivity contribution in [3.05, 3.63) is 29.8 Å². The van der Waals surface area contributed by atoms with E-state index in [1.54, 1.807) is 12.1 Å². The molecule has 3 heteroatoms. The van der Waals surface area contributed by atoms with Crippen LogP contribution in [0.4, 0.5) is 0 Å². The number of hydrogen-bond donors (Lipinski definition) is 1. The second kappa shape index (κ2) is 5.52. The van der Waals surface area contributed by atoms with Crippen LogP contribution in [0.5, 0.6) is 5.75 Å². The molecule has 3 nitrogen and oxygen atoms in total. The number of likely N-dealkylation sites (N-methyl/N-ethyl adjacent to an activating group) is 2. The monoisotopic (exact) mass is 234 g/mol. The number of benzene rings is 1. The minimum atomic E-state index is 0.340. The fourth-order valence-corrected chi connectivity index (χ4v) is 2.55. The van der Waals surface area contributed by atoms with E-state index < -0.39 is 0 Å². The molecule has 0 spiro atoms. The molecule has 0 aromatic heterocycles. The van der Waals surface area contributed by atoms with Gasteiger partial charge in [0.05, 0.1) is 0 Å². The van der Waals surface area contributed by atoms with Gasteiger partial charge in [0.15, 0.2) is 0 Å². The molecule has 1 saturated heterocycles. The van der Waals surface area contributed by atoms with E-state index in [0.29, 0.717) is 11.8 Å². The van der Waals surface area contributed by atoms with Crippen LogP contribution in [-0.4, -0.2) is 48.1 Å². The van der Waals surface area contributed by atoms with E-state index in [1.165, 1.54) is 24.9 Å². The largest absolute Gasteiger partial charge is 0.508 e. The fraction of sp³-hybridized carbons (Fsp3) is 0.571. The van der Waals surface area contributed by atoms with Gasteiger partial charge in [-0.3, -0.25) is 0 Å². The molecule has 1 N–H and O–H groups in total. The zero-order chi connectivity index (χ0) is 12.3. The Morgan fingerprint density at radius 2 is 2.06 bits per heavy atom. The molecule has 1 unspecified atom stereocenters. The van der Waals surface area contributed by atoms with Crippen LogP contribution >= 0.6 is 0 Å². The van der Waals surface area contributed by atoms with Crippen molar-refractivity contribution in [1.82, 2.24) is 9.80 Å². The summed E-state index contributed by atoms with van der Waals surface area (Å²) in [6.45, 7) is 3.31. The molecule has 94 valence electrons. The SMILES string of the molecule is CN(Cc1ccc(O)cc1)CC1CCCN1C. The standard InChI is InChI=1S/C14H22N2O/c1-15(11-13-4-3-9-16(13)2)10-12-5-7-14(17)8-6-12/h5-8,13,17H,3-4,9-11H2,1-2H3. The summed E-state index contributed by atoms with van der Waals surface area (Å²) < 4.78 is 0. The fourth-order valence-electron chi connectivity index (χ4n) is 2.55. The molecule has 0 amide bonds. The first kappa shape index (κ1) is 12.4. The van der Waals surface area contributed by atoms with E-state index in [9.17, 15) is 5.11 Å². The Morgan fingerprint density at radius 1 is 1.35 bits per heavy atom. The third-order valence-corrected chi connectivity index (χ3v) is 3.58. The van der Waals surface area contributed by atoms with E-state index in [1.807, 2.05) is 12.1 Å². The van der Waals surface area contributed by atoms with Crippen LogP contribution in [0.15, 0.2) is 24.3 Å². The molecule has 17 heavy (non-hydrogen) atoms. The molecular formula is C14H22N2O. The molecule has 2 rings (SSSR count). The maximum Gasteiger partial charge on any atom is 0.115 e. The van der Waals surface area contributed by atoms with Crippen LogP contribution in [0.1, 0.15) is 18.4 Å². The molecule has 1 aromatic rings. The average Bonchev–Trinajstić information content (AvgIpc) is 2.68. The number of phenolic OH excluding ortho intramolecular Hbond substituents is 1. The molecule has 1 heterocycles. The third-order valence-electron chi connectivity index (χ3n) is 3.58. The summed E-state index contributed by atoms with van der Waals surface area (Å²) in [6, 6.07) is 8.20. The van der Waals surface area contributed by atoms with Crippen molar-refractivity contribution in [3.63, 3.8) is 0 Å². The highest BCUT2D eigenvalue weighted by Crippen LogP contribution is 2.17. The lowest BCUT2D eigenvalue weighted by Gasteiger charge is -2.25. The molecule has 1 fully saturated rings. The van der Waals surface area contributed by atoms with Crippen molar-refractivity contribution in [2.75, 3.05) is 27.2 Å². The predicted molar refractivity (Wildman–Crippen MR) is 70.1 cm³/mol. The summed E-state index contributed by atoms with van der Waals surface area (Å²) >= 11 is 0. The first-order valence-electron chi connectivity index (χ1n) is 6.32. The lowest BCUT2D eigenvalue weighted by atomic mass is 10.1. The molecule has 0 aliphatic carbocycles. The molecule has 1 aromatic carbocycles. The number of nitrogens with zero attached hydrogens (tertiary/aromatic N) is 2. The average molecular weight is 234 g/mol. The van der Waals surface area contributed by atoms with Gasteiger partial charge in [0.1, 0.15) is 5.75 Å². The highest BCUT2D eigenvalue weighted by Gasteiger charge is 2.21. The van der Waals surface area contributed by atoms with Crippen molar-refractivity contribution in [2.45, 2.75) is 25.4 Å². The molecule has 1 aliphatic rings. The Balaban J connectivity index is 1.84. The molecule has 1 aliphatic heterocycles. The predicted octanol–water partition coefficient (Wildman–Crippen LogP) is 1.92. The number of rotatable bonds is 4.